The molecule has 0 bridgehead atoms. The number of fused-ring (bicyclic) bond motifs is 3. The van der Waals surface area contributed by atoms with E-state index in [2.05, 4.69) is 83.3 Å². The summed E-state index contributed by atoms with van der Waals surface area (Å²) < 4.78 is 97.6. The number of aromatic nitrogens is 12. The maximum absolute atomic E-state index is 14.6. The van der Waals surface area contributed by atoms with Crippen LogP contribution in [0.1, 0.15) is 37.5 Å². The van der Waals surface area contributed by atoms with Crippen LogP contribution in [0.5, 0.6) is 0 Å². The summed E-state index contributed by atoms with van der Waals surface area (Å²) in [4.78, 5) is 24.5. The molecule has 1 unspecified atom stereocenters. The van der Waals surface area contributed by atoms with Gasteiger partial charge in [-0.3, -0.25) is 15.0 Å². The molecule has 440 valence electrons. The molecule has 25 heteroatoms. The van der Waals surface area contributed by atoms with E-state index >= 15 is 0 Å². The number of hydrogen-bond donors (Lipinski definition) is 3. The van der Waals surface area contributed by atoms with Crippen molar-refractivity contribution in [2.75, 3.05) is 17.2 Å². The standard InChI is InChI=1S/2C19H13F2N5.C16H18BFNO2.C9H6BrFN4/c2*1-10-6-7-23-17-13(10)8-11(9-15(17)21)16-18(24-19(22)26-25-16)12-4-2-3-5-14(12)20;1-10-6-7-19-14-12(10)8-11(9-13(14)18)17-20-15(2,3)16(4,5)21-17;10-8-7(13-9(12)15-14-8)5-3-1-2-4-6(5)11/h2*2-9H,1H3,(H2,22,24,26);6-9H,2H2,1,3-5H3;1-4H,(H2,12,13,15)/q;;+1;. The molecule has 88 heavy (non-hydrogen) atoms. The molecule has 12 aromatic rings. The Labute approximate surface area is 508 Å². The van der Waals surface area contributed by atoms with E-state index in [4.69, 9.17) is 26.5 Å². The van der Waals surface area contributed by atoms with E-state index in [1.807, 2.05) is 53.7 Å². The average Bonchev–Trinajstić information content (AvgIpc) is 1.61. The highest BCUT2D eigenvalue weighted by Gasteiger charge is 2.57. The molecule has 7 heterocycles. The molecule has 6 aromatic carbocycles. The van der Waals surface area contributed by atoms with Crippen LogP contribution >= 0.6 is 15.9 Å². The first-order valence-corrected chi connectivity index (χ1v) is 27.5. The normalized spacial score (nSPS) is 14.2. The van der Waals surface area contributed by atoms with Gasteiger partial charge in [0, 0.05) is 69.5 Å². The molecular formula is C63H50BBrF6N15O2+. The summed E-state index contributed by atoms with van der Waals surface area (Å²) in [7, 11) is -0.624. The smallest absolute Gasteiger partial charge is 0.395 e. The first-order valence-electron chi connectivity index (χ1n) is 26.8. The van der Waals surface area contributed by atoms with Crippen LogP contribution in [0.15, 0.2) is 151 Å². The Morgan fingerprint density at radius 3 is 1.19 bits per heavy atom. The molecule has 1 atom stereocenters. The summed E-state index contributed by atoms with van der Waals surface area (Å²) >= 11 is 3.14. The number of nitrogen functional groups attached to an aromatic ring is 3. The minimum absolute atomic E-state index is 0.0106. The van der Waals surface area contributed by atoms with Crippen LogP contribution in [-0.4, -0.2) is 78.8 Å². The van der Waals surface area contributed by atoms with Gasteiger partial charge in [-0.05, 0) is 158 Å². The molecule has 0 aliphatic carbocycles. The number of nitrogens with zero attached hydrogens (tertiary/aromatic N) is 12. The van der Waals surface area contributed by atoms with Gasteiger partial charge in [-0.2, -0.15) is 0 Å². The highest BCUT2D eigenvalue weighted by Crippen LogP contribution is 2.38. The fraction of sp³-hybridized carbons (Fsp3) is 0.127. The molecule has 0 amide bonds. The Balaban J connectivity index is 0.000000132. The van der Waals surface area contributed by atoms with Gasteiger partial charge in [0.1, 0.15) is 85.5 Å². The van der Waals surface area contributed by atoms with E-state index in [0.29, 0.717) is 48.7 Å². The lowest BCUT2D eigenvalue weighted by atomic mass is 9.78. The maximum Gasteiger partial charge on any atom is 0.498 e. The summed E-state index contributed by atoms with van der Waals surface area (Å²) in [6, 6.07) is 33.3. The third-order valence-corrected chi connectivity index (χ3v) is 14.9. The van der Waals surface area contributed by atoms with Gasteiger partial charge in [0.25, 0.3) is 0 Å². The molecular weight excluding hydrogens is 1200 g/mol. The number of benzene rings is 6. The predicted octanol–water partition coefficient (Wildman–Crippen LogP) is 12.7. The molecule has 13 rings (SSSR count). The monoisotopic (exact) mass is 1250 g/mol. The average molecular weight is 1250 g/mol. The maximum atomic E-state index is 14.6. The molecule has 6 aromatic heterocycles. The van der Waals surface area contributed by atoms with Gasteiger partial charge in [-0.25, -0.2) is 41.3 Å². The Hall–Kier alpha value is -10.1. The van der Waals surface area contributed by atoms with Crippen LogP contribution in [0.3, 0.4) is 0 Å². The van der Waals surface area contributed by atoms with Gasteiger partial charge in [-0.1, -0.05) is 42.5 Å². The third kappa shape index (κ3) is 12.7. The van der Waals surface area contributed by atoms with Crippen molar-refractivity contribution in [3.63, 3.8) is 0 Å². The fourth-order valence-electron chi connectivity index (χ4n) is 9.29. The highest BCUT2D eigenvalue weighted by molar-refractivity contribution is 9.10. The quantitative estimate of drug-likeness (QED) is 0.0795. The molecule has 0 radical (unpaired) electrons. The van der Waals surface area contributed by atoms with Crippen molar-refractivity contribution < 1.29 is 35.7 Å². The summed E-state index contributed by atoms with van der Waals surface area (Å²) in [5.74, 6) is -2.88. The SMILES string of the molecule is Cc1ccnc2c(F)cc(-c3nnc(N)nc3-c3ccccc3F)cc12.Cc1ccnc2c(F)cc(-c3nnc(N)nc3-c3ccccc3F)cc12.Nc1nnc(Br)c(-c2ccccc2F)n1.[CH2+]C1(C)OB(c2cc(F)c3nccc(C)c3c2)OC1(C)C. The summed E-state index contributed by atoms with van der Waals surface area (Å²) in [5.41, 5.74) is 22.5. The second-order valence-corrected chi connectivity index (χ2v) is 21.5. The molecule has 0 saturated carbocycles. The molecule has 1 saturated heterocycles. The zero-order chi connectivity index (χ0) is 62.8. The lowest BCUT2D eigenvalue weighted by molar-refractivity contribution is 0.0262. The van der Waals surface area contributed by atoms with E-state index in [9.17, 15) is 26.3 Å². The van der Waals surface area contributed by atoms with Crippen molar-refractivity contribution in [1.29, 1.82) is 0 Å². The first-order chi connectivity index (χ1) is 42.0. The molecule has 6 N–H and O–H groups in total. The van der Waals surface area contributed by atoms with E-state index in [0.717, 1.165) is 22.1 Å². The van der Waals surface area contributed by atoms with E-state index in [1.165, 1.54) is 36.4 Å². The van der Waals surface area contributed by atoms with Crippen molar-refractivity contribution >= 4 is 79.1 Å². The van der Waals surface area contributed by atoms with Crippen LogP contribution in [0.25, 0.3) is 89.0 Å². The lowest BCUT2D eigenvalue weighted by Gasteiger charge is -2.25. The lowest BCUT2D eigenvalue weighted by Crippen LogP contribution is -2.42. The molecule has 0 spiro atoms. The molecule has 1 aliphatic heterocycles. The Morgan fingerprint density at radius 1 is 0.432 bits per heavy atom. The third-order valence-electron chi connectivity index (χ3n) is 14.4. The summed E-state index contributed by atoms with van der Waals surface area (Å²) in [6.45, 7) is 15.4. The largest absolute Gasteiger partial charge is 0.498 e. The highest BCUT2D eigenvalue weighted by atomic mass is 79.9. The van der Waals surface area contributed by atoms with Gasteiger partial charge >= 0.3 is 7.12 Å². The number of anilines is 3. The Kier molecular flexibility index (Phi) is 17.4. The number of aryl methyl sites for hydroxylation is 3. The number of rotatable bonds is 6. The zero-order valence-electron chi connectivity index (χ0n) is 47.7. The predicted molar refractivity (Wildman–Crippen MR) is 329 cm³/mol. The van der Waals surface area contributed by atoms with Crippen LogP contribution in [0.2, 0.25) is 0 Å². The molecule has 1 fully saturated rings. The van der Waals surface area contributed by atoms with Crippen LogP contribution < -0.4 is 22.7 Å². The van der Waals surface area contributed by atoms with E-state index in [-0.39, 0.29) is 74.4 Å². The fourth-order valence-corrected chi connectivity index (χ4v) is 9.67. The number of hydrogen-bond acceptors (Lipinski definition) is 17. The number of pyridine rings is 3. The van der Waals surface area contributed by atoms with Gasteiger partial charge in [0.05, 0.1) is 6.92 Å². The summed E-state index contributed by atoms with van der Waals surface area (Å²) in [6.07, 6.45) is 4.71. The van der Waals surface area contributed by atoms with E-state index < -0.39 is 41.6 Å². The minimum atomic E-state index is -0.687. The van der Waals surface area contributed by atoms with Gasteiger partial charge in [-0.15, -0.1) is 30.6 Å². The van der Waals surface area contributed by atoms with Crippen LogP contribution in [0.4, 0.5) is 44.2 Å². The Morgan fingerprint density at radius 2 is 0.795 bits per heavy atom. The molecule has 17 nitrogen and oxygen atoms in total. The summed E-state index contributed by atoms with van der Waals surface area (Å²) in [5, 5.41) is 24.9. The van der Waals surface area contributed by atoms with Crippen LogP contribution in [0, 0.1) is 62.6 Å². The van der Waals surface area contributed by atoms with Crippen molar-refractivity contribution in [2.45, 2.75) is 52.7 Å². The second kappa shape index (κ2) is 25.1. The number of halogens is 7. The first kappa shape index (κ1) is 61.0. The van der Waals surface area contributed by atoms with E-state index in [1.54, 1.807) is 97.5 Å². The van der Waals surface area contributed by atoms with Crippen molar-refractivity contribution in [3.05, 3.63) is 209 Å². The second-order valence-electron chi connectivity index (χ2n) is 20.8. The Bertz CT molecular complexity index is 4450. The van der Waals surface area contributed by atoms with Gasteiger partial charge < -0.3 is 26.5 Å². The van der Waals surface area contributed by atoms with Crippen molar-refractivity contribution in [2.24, 2.45) is 0 Å². The van der Waals surface area contributed by atoms with Gasteiger partial charge in [0.2, 0.25) is 23.4 Å². The van der Waals surface area contributed by atoms with Gasteiger partial charge in [0.15, 0.2) is 4.60 Å². The molecule has 1 aliphatic rings. The van der Waals surface area contributed by atoms with Crippen molar-refractivity contribution in [3.8, 4) is 56.3 Å². The number of nitrogens with two attached hydrogens (primary N) is 3. The minimum Gasteiger partial charge on any atom is -0.395 e. The van der Waals surface area contributed by atoms with Crippen molar-refractivity contribution in [1.82, 2.24) is 60.5 Å². The zero-order valence-corrected chi connectivity index (χ0v) is 49.3. The topological polar surface area (TPSA) is 251 Å². The van der Waals surface area contributed by atoms with Crippen LogP contribution in [-0.2, 0) is 9.31 Å².